The van der Waals surface area contributed by atoms with Crippen molar-refractivity contribution < 1.29 is 26.3 Å². The van der Waals surface area contributed by atoms with Crippen LogP contribution in [0.4, 0.5) is 18.9 Å². The lowest BCUT2D eigenvalue weighted by molar-refractivity contribution is -0.138. The maximum Gasteiger partial charge on any atom is 0.416 e. The molecule has 0 aliphatic carbocycles. The first kappa shape index (κ1) is 24.6. The minimum absolute atomic E-state index is 0.189. The standard InChI is InChI=1S/C23H26F3N3O3S/c1-3-4-7-13-32-19-10-8-9-18(14-19)29(33(2,30)31)22(17-15-27-28-16-17)20-11-5-6-12-21(20)23(24,25)26/h5-6,8-12,14-16,22H,3-4,7,13H2,1-2H3,(H,27,28). The molecule has 3 rings (SSSR count). The second-order valence-electron chi connectivity index (χ2n) is 7.63. The highest BCUT2D eigenvalue weighted by molar-refractivity contribution is 7.92. The van der Waals surface area contributed by atoms with Crippen LogP contribution < -0.4 is 9.04 Å². The van der Waals surface area contributed by atoms with Crippen molar-refractivity contribution in [3.8, 4) is 5.75 Å². The fourth-order valence-electron chi connectivity index (χ4n) is 3.63. The molecule has 178 valence electrons. The van der Waals surface area contributed by atoms with Crippen molar-refractivity contribution in [1.82, 2.24) is 10.2 Å². The summed E-state index contributed by atoms with van der Waals surface area (Å²) in [6, 6.07) is 10.0. The van der Waals surface area contributed by atoms with E-state index in [4.69, 9.17) is 4.74 Å². The number of aromatic nitrogens is 2. The van der Waals surface area contributed by atoms with Crippen molar-refractivity contribution in [3.63, 3.8) is 0 Å². The molecule has 33 heavy (non-hydrogen) atoms. The Labute approximate surface area is 191 Å². The average Bonchev–Trinajstić information content (AvgIpc) is 3.28. The van der Waals surface area contributed by atoms with E-state index in [0.29, 0.717) is 12.4 Å². The zero-order valence-electron chi connectivity index (χ0n) is 18.3. The van der Waals surface area contributed by atoms with Gasteiger partial charge in [-0.05, 0) is 30.2 Å². The van der Waals surface area contributed by atoms with Crippen LogP contribution in [-0.2, 0) is 16.2 Å². The van der Waals surface area contributed by atoms with Gasteiger partial charge in [0.05, 0.1) is 36.4 Å². The largest absolute Gasteiger partial charge is 0.494 e. The van der Waals surface area contributed by atoms with Crippen molar-refractivity contribution in [2.75, 3.05) is 17.2 Å². The summed E-state index contributed by atoms with van der Waals surface area (Å²) in [4.78, 5) is 0. The summed E-state index contributed by atoms with van der Waals surface area (Å²) in [5, 5.41) is 6.41. The number of hydrogen-bond donors (Lipinski definition) is 1. The summed E-state index contributed by atoms with van der Waals surface area (Å²) >= 11 is 0. The first-order valence-corrected chi connectivity index (χ1v) is 12.3. The quantitative estimate of drug-likeness (QED) is 0.385. The molecule has 1 N–H and O–H groups in total. The van der Waals surface area contributed by atoms with Gasteiger partial charge in [0.15, 0.2) is 0 Å². The lowest BCUT2D eigenvalue weighted by Crippen LogP contribution is -2.35. The maximum atomic E-state index is 13.9. The van der Waals surface area contributed by atoms with Crippen LogP contribution in [0.2, 0.25) is 0 Å². The summed E-state index contributed by atoms with van der Waals surface area (Å²) in [6.07, 6.45) is 1.86. The number of hydrogen-bond acceptors (Lipinski definition) is 4. The summed E-state index contributed by atoms with van der Waals surface area (Å²) in [7, 11) is -4.03. The van der Waals surface area contributed by atoms with Gasteiger partial charge >= 0.3 is 6.18 Å². The van der Waals surface area contributed by atoms with Crippen LogP contribution in [0.3, 0.4) is 0 Å². The molecule has 0 spiro atoms. The number of ether oxygens (including phenoxy) is 1. The number of nitrogens with one attached hydrogen (secondary N) is 1. The van der Waals surface area contributed by atoms with Crippen LogP contribution in [0.25, 0.3) is 0 Å². The molecule has 10 heteroatoms. The number of sulfonamides is 1. The molecule has 1 unspecified atom stereocenters. The Morgan fingerprint density at radius 3 is 2.52 bits per heavy atom. The number of nitrogens with zero attached hydrogens (tertiary/aromatic N) is 2. The van der Waals surface area contributed by atoms with Crippen molar-refractivity contribution >= 4 is 15.7 Å². The number of benzene rings is 2. The fraction of sp³-hybridized carbons (Fsp3) is 0.348. The van der Waals surface area contributed by atoms with Gasteiger partial charge in [-0.2, -0.15) is 18.3 Å². The van der Waals surface area contributed by atoms with Crippen LogP contribution >= 0.6 is 0 Å². The van der Waals surface area contributed by atoms with Gasteiger partial charge in [0.2, 0.25) is 10.0 Å². The lowest BCUT2D eigenvalue weighted by atomic mass is 9.95. The van der Waals surface area contributed by atoms with Crippen molar-refractivity contribution in [2.45, 2.75) is 38.4 Å². The Morgan fingerprint density at radius 2 is 1.88 bits per heavy atom. The van der Waals surface area contributed by atoms with E-state index in [0.717, 1.165) is 35.9 Å². The fourth-order valence-corrected chi connectivity index (χ4v) is 4.74. The summed E-state index contributed by atoms with van der Waals surface area (Å²) in [5.74, 6) is 0.437. The topological polar surface area (TPSA) is 75.3 Å². The van der Waals surface area contributed by atoms with Gasteiger partial charge in [0.1, 0.15) is 5.75 Å². The number of aromatic amines is 1. The molecule has 2 aromatic carbocycles. The highest BCUT2D eigenvalue weighted by Gasteiger charge is 2.39. The van der Waals surface area contributed by atoms with Gasteiger partial charge < -0.3 is 4.74 Å². The maximum absolute atomic E-state index is 13.9. The molecule has 0 aliphatic rings. The van der Waals surface area contributed by atoms with Crippen LogP contribution in [0.5, 0.6) is 5.75 Å². The first-order chi connectivity index (χ1) is 15.6. The van der Waals surface area contributed by atoms with E-state index in [1.807, 2.05) is 0 Å². The monoisotopic (exact) mass is 481 g/mol. The van der Waals surface area contributed by atoms with Crippen LogP contribution in [-0.4, -0.2) is 31.5 Å². The molecule has 0 saturated heterocycles. The lowest BCUT2D eigenvalue weighted by Gasteiger charge is -2.33. The van der Waals surface area contributed by atoms with Crippen LogP contribution in [0.15, 0.2) is 60.9 Å². The van der Waals surface area contributed by atoms with Gasteiger partial charge in [-0.25, -0.2) is 8.42 Å². The predicted molar refractivity (Wildman–Crippen MR) is 121 cm³/mol. The number of alkyl halides is 3. The Morgan fingerprint density at radius 1 is 1.12 bits per heavy atom. The highest BCUT2D eigenvalue weighted by atomic mass is 32.2. The van der Waals surface area contributed by atoms with Crippen molar-refractivity contribution in [3.05, 3.63) is 77.6 Å². The number of halogens is 3. The molecule has 3 aromatic rings. The second kappa shape index (κ2) is 10.3. The highest BCUT2D eigenvalue weighted by Crippen LogP contribution is 2.42. The Balaban J connectivity index is 2.14. The number of anilines is 1. The van der Waals surface area contributed by atoms with Gasteiger partial charge in [-0.15, -0.1) is 0 Å². The molecule has 6 nitrogen and oxygen atoms in total. The Hall–Kier alpha value is -3.01. The van der Waals surface area contributed by atoms with Crippen molar-refractivity contribution in [2.24, 2.45) is 0 Å². The number of rotatable bonds is 10. The van der Waals surface area contributed by atoms with Gasteiger partial charge in [0.25, 0.3) is 0 Å². The summed E-state index contributed by atoms with van der Waals surface area (Å²) in [5.41, 5.74) is -0.664. The molecular weight excluding hydrogens is 455 g/mol. The minimum atomic E-state index is -4.67. The third kappa shape index (κ3) is 6.07. The van der Waals surface area contributed by atoms with E-state index < -0.39 is 27.8 Å². The summed E-state index contributed by atoms with van der Waals surface area (Å²) in [6.45, 7) is 2.53. The summed E-state index contributed by atoms with van der Waals surface area (Å²) < 4.78 is 74.3. The van der Waals surface area contributed by atoms with Crippen molar-refractivity contribution in [1.29, 1.82) is 0 Å². The second-order valence-corrected chi connectivity index (χ2v) is 9.49. The molecule has 0 aliphatic heterocycles. The molecule has 0 bridgehead atoms. The van der Waals surface area contributed by atoms with Crippen LogP contribution in [0, 0.1) is 0 Å². The normalized spacial score (nSPS) is 13.0. The zero-order chi connectivity index (χ0) is 24.1. The van der Waals surface area contributed by atoms with E-state index in [2.05, 4.69) is 17.1 Å². The van der Waals surface area contributed by atoms with Gasteiger partial charge in [-0.3, -0.25) is 9.40 Å². The van der Waals surface area contributed by atoms with E-state index in [1.165, 1.54) is 42.7 Å². The van der Waals surface area contributed by atoms with Gasteiger partial charge in [0, 0.05) is 17.8 Å². The smallest absolute Gasteiger partial charge is 0.416 e. The first-order valence-electron chi connectivity index (χ1n) is 10.5. The van der Waals surface area contributed by atoms with Crippen LogP contribution in [0.1, 0.15) is 48.9 Å². The molecule has 1 aromatic heterocycles. The number of H-pyrrole nitrogens is 1. The van der Waals surface area contributed by atoms with E-state index in [-0.39, 0.29) is 16.8 Å². The molecule has 0 amide bonds. The SMILES string of the molecule is CCCCCOc1cccc(N(C(c2cn[nH]c2)c2ccccc2C(F)(F)F)S(C)(=O)=O)c1. The van der Waals surface area contributed by atoms with E-state index in [9.17, 15) is 21.6 Å². The molecule has 1 atom stereocenters. The molecule has 0 radical (unpaired) electrons. The third-order valence-electron chi connectivity index (χ3n) is 5.08. The minimum Gasteiger partial charge on any atom is -0.494 e. The van der Waals surface area contributed by atoms with Gasteiger partial charge in [-0.1, -0.05) is 44.0 Å². The molecular formula is C23H26F3N3O3S. The van der Waals surface area contributed by atoms with E-state index in [1.54, 1.807) is 12.1 Å². The Bertz CT molecular complexity index is 1150. The average molecular weight is 482 g/mol. The molecule has 0 saturated carbocycles. The Kier molecular flexibility index (Phi) is 7.68. The van der Waals surface area contributed by atoms with E-state index >= 15 is 0 Å². The molecule has 1 heterocycles. The predicted octanol–water partition coefficient (Wildman–Crippen LogP) is 5.55. The number of unbranched alkanes of at least 4 members (excludes halogenated alkanes) is 2. The molecule has 0 fully saturated rings. The zero-order valence-corrected chi connectivity index (χ0v) is 19.2. The third-order valence-corrected chi connectivity index (χ3v) is 6.21.